The molecule has 1 N–H and O–H groups in total. The molecule has 0 saturated carbocycles. The molecule has 0 amide bonds. The molecule has 0 saturated heterocycles. The van der Waals surface area contributed by atoms with Gasteiger partial charge in [0.05, 0.1) is 5.71 Å². The van der Waals surface area contributed by atoms with Gasteiger partial charge in [-0.2, -0.15) is 5.10 Å². The van der Waals surface area contributed by atoms with Gasteiger partial charge in [0.2, 0.25) is 5.95 Å². The van der Waals surface area contributed by atoms with Crippen molar-refractivity contribution in [2.24, 2.45) is 5.10 Å². The van der Waals surface area contributed by atoms with Crippen molar-refractivity contribution >= 4 is 22.4 Å². The molecule has 0 aliphatic rings. The second kappa shape index (κ2) is 5.93. The fourth-order valence-corrected chi connectivity index (χ4v) is 2.51. The van der Waals surface area contributed by atoms with Crippen LogP contribution in [0.5, 0.6) is 0 Å². The number of fused-ring (bicyclic) bond motifs is 1. The first-order valence-corrected chi connectivity index (χ1v) is 7.24. The molecule has 0 unspecified atom stereocenters. The van der Waals surface area contributed by atoms with Crippen molar-refractivity contribution in [2.45, 2.75) is 20.8 Å². The normalized spacial score (nSPS) is 11.7. The predicted molar refractivity (Wildman–Crippen MR) is 91.3 cm³/mol. The van der Waals surface area contributed by atoms with Crippen LogP contribution < -0.4 is 5.43 Å². The third-order valence-electron chi connectivity index (χ3n) is 3.49. The van der Waals surface area contributed by atoms with Crippen molar-refractivity contribution in [1.82, 2.24) is 9.97 Å². The van der Waals surface area contributed by atoms with E-state index >= 15 is 0 Å². The highest BCUT2D eigenvalue weighted by Gasteiger charge is 2.04. The average molecular weight is 290 g/mol. The smallest absolute Gasteiger partial charge is 0.243 e. The fraction of sp³-hybridized carbons (Fsp3) is 0.167. The predicted octanol–water partition coefficient (Wildman–Crippen LogP) is 4.08. The standard InChI is InChI=1S/C18H18N4/c1-12-11-13(2)20-18(19-12)22-21-14(3)16-10-6-8-15-7-4-5-9-17(15)16/h4-11H,1-3H3,(H,19,20,22). The molecule has 2 aromatic carbocycles. The summed E-state index contributed by atoms with van der Waals surface area (Å²) in [6, 6.07) is 16.5. The molecule has 0 fully saturated rings. The zero-order chi connectivity index (χ0) is 15.5. The number of nitrogens with zero attached hydrogens (tertiary/aromatic N) is 3. The van der Waals surface area contributed by atoms with Gasteiger partial charge in [-0.05, 0) is 37.6 Å². The first-order valence-electron chi connectivity index (χ1n) is 7.24. The van der Waals surface area contributed by atoms with Crippen molar-refractivity contribution in [1.29, 1.82) is 0 Å². The second-order valence-electron chi connectivity index (χ2n) is 5.31. The van der Waals surface area contributed by atoms with Gasteiger partial charge >= 0.3 is 0 Å². The Balaban J connectivity index is 1.93. The van der Waals surface area contributed by atoms with E-state index in [9.17, 15) is 0 Å². The lowest BCUT2D eigenvalue weighted by atomic mass is 10.0. The van der Waals surface area contributed by atoms with Gasteiger partial charge in [-0.15, -0.1) is 0 Å². The number of nitrogens with one attached hydrogen (secondary N) is 1. The van der Waals surface area contributed by atoms with E-state index in [4.69, 9.17) is 0 Å². The Bertz CT molecular complexity index is 827. The molecule has 1 aromatic heterocycles. The highest BCUT2D eigenvalue weighted by atomic mass is 15.4. The molecule has 3 aromatic rings. The summed E-state index contributed by atoms with van der Waals surface area (Å²) in [6.45, 7) is 5.87. The van der Waals surface area contributed by atoms with Crippen LogP contribution in [0.4, 0.5) is 5.95 Å². The zero-order valence-corrected chi connectivity index (χ0v) is 13.0. The number of hydrogen-bond acceptors (Lipinski definition) is 4. The average Bonchev–Trinajstić information content (AvgIpc) is 2.51. The maximum absolute atomic E-state index is 4.44. The van der Waals surface area contributed by atoms with E-state index in [2.05, 4.69) is 44.8 Å². The van der Waals surface area contributed by atoms with Crippen molar-refractivity contribution in [3.05, 3.63) is 65.5 Å². The molecule has 1 heterocycles. The van der Waals surface area contributed by atoms with Crippen LogP contribution in [0, 0.1) is 13.8 Å². The van der Waals surface area contributed by atoms with Crippen molar-refractivity contribution in [3.63, 3.8) is 0 Å². The quantitative estimate of drug-likeness (QED) is 0.584. The number of hydrogen-bond donors (Lipinski definition) is 1. The van der Waals surface area contributed by atoms with Crippen LogP contribution in [0.1, 0.15) is 23.9 Å². The van der Waals surface area contributed by atoms with Crippen molar-refractivity contribution < 1.29 is 0 Å². The minimum Gasteiger partial charge on any atom is -0.245 e. The van der Waals surface area contributed by atoms with Gasteiger partial charge < -0.3 is 0 Å². The number of anilines is 1. The minimum absolute atomic E-state index is 0.525. The number of rotatable bonds is 3. The van der Waals surface area contributed by atoms with Gasteiger partial charge in [0.1, 0.15) is 0 Å². The number of benzene rings is 2. The van der Waals surface area contributed by atoms with E-state index in [0.717, 1.165) is 22.7 Å². The Kier molecular flexibility index (Phi) is 3.83. The zero-order valence-electron chi connectivity index (χ0n) is 13.0. The van der Waals surface area contributed by atoms with Crippen LogP contribution in [0.3, 0.4) is 0 Å². The molecular formula is C18H18N4. The Labute approximate surface area is 129 Å². The molecule has 0 spiro atoms. The SMILES string of the molecule is CC(=NNc1nc(C)cc(C)n1)c1cccc2ccccc12. The Morgan fingerprint density at radius 3 is 2.41 bits per heavy atom. The monoisotopic (exact) mass is 290 g/mol. The number of aromatic nitrogens is 2. The summed E-state index contributed by atoms with van der Waals surface area (Å²) in [5.74, 6) is 0.525. The Hall–Kier alpha value is -2.75. The summed E-state index contributed by atoms with van der Waals surface area (Å²) in [5, 5.41) is 6.83. The number of hydrazone groups is 1. The summed E-state index contributed by atoms with van der Waals surface area (Å²) in [4.78, 5) is 8.67. The molecule has 0 atom stereocenters. The molecule has 22 heavy (non-hydrogen) atoms. The van der Waals surface area contributed by atoms with Gasteiger partial charge in [0.15, 0.2) is 0 Å². The first-order chi connectivity index (χ1) is 10.6. The van der Waals surface area contributed by atoms with E-state index in [1.807, 2.05) is 45.0 Å². The third-order valence-corrected chi connectivity index (χ3v) is 3.49. The van der Waals surface area contributed by atoms with E-state index in [-0.39, 0.29) is 0 Å². The fourth-order valence-electron chi connectivity index (χ4n) is 2.51. The largest absolute Gasteiger partial charge is 0.245 e. The lowest BCUT2D eigenvalue weighted by Gasteiger charge is -2.07. The Morgan fingerprint density at radius 1 is 0.955 bits per heavy atom. The topological polar surface area (TPSA) is 50.2 Å². The van der Waals surface area contributed by atoms with Gasteiger partial charge in [-0.3, -0.25) is 0 Å². The van der Waals surface area contributed by atoms with Crippen molar-refractivity contribution in [2.75, 3.05) is 5.43 Å². The van der Waals surface area contributed by atoms with E-state index in [0.29, 0.717) is 5.95 Å². The third kappa shape index (κ3) is 2.96. The molecular weight excluding hydrogens is 272 g/mol. The molecule has 0 aliphatic heterocycles. The molecule has 110 valence electrons. The second-order valence-corrected chi connectivity index (χ2v) is 5.31. The molecule has 4 nitrogen and oxygen atoms in total. The summed E-state index contributed by atoms with van der Waals surface area (Å²) in [5.41, 5.74) is 6.81. The summed E-state index contributed by atoms with van der Waals surface area (Å²) in [7, 11) is 0. The molecule has 4 heteroatoms. The number of aryl methyl sites for hydroxylation is 2. The molecule has 0 bridgehead atoms. The van der Waals surface area contributed by atoms with E-state index < -0.39 is 0 Å². The highest BCUT2D eigenvalue weighted by Crippen LogP contribution is 2.19. The van der Waals surface area contributed by atoms with Crippen LogP contribution in [-0.2, 0) is 0 Å². The van der Waals surface area contributed by atoms with Crippen LogP contribution >= 0.6 is 0 Å². The maximum Gasteiger partial charge on any atom is 0.243 e. The maximum atomic E-state index is 4.44. The van der Waals surface area contributed by atoms with Gasteiger partial charge in [-0.1, -0.05) is 42.5 Å². The highest BCUT2D eigenvalue weighted by molar-refractivity contribution is 6.09. The lowest BCUT2D eigenvalue weighted by Crippen LogP contribution is -2.04. The molecule has 0 radical (unpaired) electrons. The first kappa shape index (κ1) is 14.2. The van der Waals surface area contributed by atoms with Gasteiger partial charge in [0, 0.05) is 17.0 Å². The van der Waals surface area contributed by atoms with E-state index in [1.54, 1.807) is 0 Å². The van der Waals surface area contributed by atoms with Gasteiger partial charge in [0.25, 0.3) is 0 Å². The van der Waals surface area contributed by atoms with Crippen LogP contribution in [-0.4, -0.2) is 15.7 Å². The molecule has 0 aliphatic carbocycles. The summed E-state index contributed by atoms with van der Waals surface area (Å²) >= 11 is 0. The van der Waals surface area contributed by atoms with Crippen LogP contribution in [0.25, 0.3) is 10.8 Å². The van der Waals surface area contributed by atoms with Gasteiger partial charge in [-0.25, -0.2) is 15.4 Å². The summed E-state index contributed by atoms with van der Waals surface area (Å²) in [6.07, 6.45) is 0. The minimum atomic E-state index is 0.525. The Morgan fingerprint density at radius 2 is 1.64 bits per heavy atom. The van der Waals surface area contributed by atoms with Crippen LogP contribution in [0.15, 0.2) is 53.6 Å². The summed E-state index contributed by atoms with van der Waals surface area (Å²) < 4.78 is 0. The van der Waals surface area contributed by atoms with Crippen LogP contribution in [0.2, 0.25) is 0 Å². The van der Waals surface area contributed by atoms with E-state index in [1.165, 1.54) is 10.8 Å². The lowest BCUT2D eigenvalue weighted by molar-refractivity contribution is 1.03. The van der Waals surface area contributed by atoms with Crippen molar-refractivity contribution in [3.8, 4) is 0 Å². The molecule has 3 rings (SSSR count).